The van der Waals surface area contributed by atoms with Crippen molar-refractivity contribution >= 4 is 27.7 Å². The molecule has 3 rings (SSSR count). The third-order valence-electron chi connectivity index (χ3n) is 4.48. The molecule has 2 aromatic carbocycles. The Morgan fingerprint density at radius 3 is 2.18 bits per heavy atom. The Bertz CT molecular complexity index is 963. The van der Waals surface area contributed by atoms with Crippen LogP contribution in [-0.2, 0) is 14.8 Å². The van der Waals surface area contributed by atoms with Gasteiger partial charge in [0.2, 0.25) is 15.9 Å². The molecule has 1 aliphatic heterocycles. The molecule has 1 N–H and O–H groups in total. The fraction of sp³-hybridized carbons (Fsp3) is 0.250. The van der Waals surface area contributed by atoms with Crippen LogP contribution in [0.25, 0.3) is 6.08 Å². The Hall–Kier alpha value is -2.58. The summed E-state index contributed by atoms with van der Waals surface area (Å²) in [5.41, 5.74) is 0.0712. The van der Waals surface area contributed by atoms with Crippen molar-refractivity contribution in [1.29, 1.82) is 0 Å². The third kappa shape index (κ3) is 4.63. The number of hydrogen-bond donors (Lipinski definition) is 1. The normalized spacial score (nSPS) is 15.6. The molecule has 1 aliphatic rings. The molecule has 2 aromatic rings. The maximum atomic E-state index is 13.6. The minimum absolute atomic E-state index is 0.163. The van der Waals surface area contributed by atoms with Gasteiger partial charge in [-0.05, 0) is 55.3 Å². The van der Waals surface area contributed by atoms with Gasteiger partial charge in [0.05, 0.1) is 4.90 Å². The number of nitrogens with zero attached hydrogens (tertiary/aromatic N) is 1. The summed E-state index contributed by atoms with van der Waals surface area (Å²) in [4.78, 5) is 12.1. The van der Waals surface area contributed by atoms with Crippen LogP contribution in [-0.4, -0.2) is 31.7 Å². The highest BCUT2D eigenvalue weighted by atomic mass is 32.2. The number of rotatable bonds is 5. The average molecular weight is 406 g/mol. The van der Waals surface area contributed by atoms with Crippen molar-refractivity contribution < 1.29 is 22.0 Å². The van der Waals surface area contributed by atoms with E-state index in [0.29, 0.717) is 18.8 Å². The van der Waals surface area contributed by atoms with Crippen LogP contribution in [0.2, 0.25) is 0 Å². The molecule has 0 atom stereocenters. The highest BCUT2D eigenvalue weighted by Crippen LogP contribution is 2.22. The Balaban J connectivity index is 1.67. The molecule has 5 nitrogen and oxygen atoms in total. The standard InChI is InChI=1S/C20H20F2N2O3S/c21-18-5-4-6-19(22)17(18)11-12-20(25)23-15-7-9-16(10-8-15)28(26,27)24-13-2-1-3-14-24/h4-12H,1-3,13-14H2,(H,23,25)/b12-11+. The molecule has 1 heterocycles. The maximum absolute atomic E-state index is 13.6. The molecule has 28 heavy (non-hydrogen) atoms. The average Bonchev–Trinajstić information content (AvgIpc) is 2.69. The molecule has 0 unspecified atom stereocenters. The second-order valence-electron chi connectivity index (χ2n) is 6.45. The SMILES string of the molecule is O=C(/C=C/c1c(F)cccc1F)Nc1ccc(S(=O)(=O)N2CCCCC2)cc1. The third-order valence-corrected chi connectivity index (χ3v) is 6.39. The minimum atomic E-state index is -3.54. The number of piperidine rings is 1. The minimum Gasteiger partial charge on any atom is -0.323 e. The van der Waals surface area contributed by atoms with Crippen LogP contribution in [0.1, 0.15) is 24.8 Å². The first-order valence-electron chi connectivity index (χ1n) is 8.91. The quantitative estimate of drug-likeness (QED) is 0.769. The van der Waals surface area contributed by atoms with E-state index in [9.17, 15) is 22.0 Å². The number of amides is 1. The van der Waals surface area contributed by atoms with Gasteiger partial charge in [0, 0.05) is 30.4 Å². The van der Waals surface area contributed by atoms with Gasteiger partial charge in [-0.1, -0.05) is 12.5 Å². The zero-order valence-electron chi connectivity index (χ0n) is 15.1. The monoisotopic (exact) mass is 406 g/mol. The molecule has 0 aliphatic carbocycles. The smallest absolute Gasteiger partial charge is 0.248 e. The van der Waals surface area contributed by atoms with E-state index in [2.05, 4.69) is 5.32 Å². The number of sulfonamides is 1. The number of nitrogens with one attached hydrogen (secondary N) is 1. The number of hydrogen-bond acceptors (Lipinski definition) is 3. The Kier molecular flexibility index (Phi) is 6.21. The van der Waals surface area contributed by atoms with Gasteiger partial charge in [-0.3, -0.25) is 4.79 Å². The molecule has 0 saturated carbocycles. The lowest BCUT2D eigenvalue weighted by Crippen LogP contribution is -2.35. The first-order chi connectivity index (χ1) is 13.4. The van der Waals surface area contributed by atoms with E-state index in [1.165, 1.54) is 34.6 Å². The van der Waals surface area contributed by atoms with Crippen LogP contribution in [0, 0.1) is 11.6 Å². The molecular weight excluding hydrogens is 386 g/mol. The largest absolute Gasteiger partial charge is 0.323 e. The van der Waals surface area contributed by atoms with E-state index in [4.69, 9.17) is 0 Å². The summed E-state index contributed by atoms with van der Waals surface area (Å²) in [7, 11) is -3.54. The molecule has 0 radical (unpaired) electrons. The van der Waals surface area contributed by atoms with Crippen LogP contribution in [0.15, 0.2) is 53.4 Å². The van der Waals surface area contributed by atoms with Crippen molar-refractivity contribution in [2.75, 3.05) is 18.4 Å². The van der Waals surface area contributed by atoms with Crippen LogP contribution < -0.4 is 5.32 Å². The lowest BCUT2D eigenvalue weighted by molar-refractivity contribution is -0.111. The van der Waals surface area contributed by atoms with Crippen molar-refractivity contribution in [2.24, 2.45) is 0 Å². The molecule has 148 valence electrons. The fourth-order valence-corrected chi connectivity index (χ4v) is 4.49. The molecule has 1 saturated heterocycles. The van der Waals surface area contributed by atoms with Gasteiger partial charge in [0.25, 0.3) is 0 Å². The van der Waals surface area contributed by atoms with Gasteiger partial charge in [0.15, 0.2) is 0 Å². The first-order valence-corrected chi connectivity index (χ1v) is 10.4. The van der Waals surface area contributed by atoms with E-state index in [1.54, 1.807) is 0 Å². The van der Waals surface area contributed by atoms with E-state index in [0.717, 1.165) is 43.5 Å². The lowest BCUT2D eigenvalue weighted by Gasteiger charge is -2.25. The van der Waals surface area contributed by atoms with Crippen molar-refractivity contribution in [3.8, 4) is 0 Å². The molecule has 1 fully saturated rings. The van der Waals surface area contributed by atoms with Crippen molar-refractivity contribution in [2.45, 2.75) is 24.2 Å². The molecule has 0 spiro atoms. The van der Waals surface area contributed by atoms with E-state index in [-0.39, 0.29) is 10.5 Å². The van der Waals surface area contributed by atoms with E-state index in [1.807, 2.05) is 0 Å². The summed E-state index contributed by atoms with van der Waals surface area (Å²) in [6.45, 7) is 1.02. The van der Waals surface area contributed by atoms with Crippen LogP contribution in [0.5, 0.6) is 0 Å². The summed E-state index contributed by atoms with van der Waals surface area (Å²) in [6, 6.07) is 9.25. The van der Waals surface area contributed by atoms with Gasteiger partial charge in [-0.2, -0.15) is 4.31 Å². The van der Waals surface area contributed by atoms with Gasteiger partial charge < -0.3 is 5.32 Å². The van der Waals surface area contributed by atoms with Gasteiger partial charge in [-0.15, -0.1) is 0 Å². The molecule has 0 bridgehead atoms. The zero-order chi connectivity index (χ0) is 20.1. The topological polar surface area (TPSA) is 66.5 Å². The first kappa shape index (κ1) is 20.2. The van der Waals surface area contributed by atoms with Gasteiger partial charge in [0.1, 0.15) is 11.6 Å². The number of carbonyl (C=O) groups excluding carboxylic acids is 1. The Morgan fingerprint density at radius 1 is 0.964 bits per heavy atom. The number of anilines is 1. The number of benzene rings is 2. The van der Waals surface area contributed by atoms with E-state index < -0.39 is 27.6 Å². The highest BCUT2D eigenvalue weighted by Gasteiger charge is 2.25. The second kappa shape index (κ2) is 8.62. The highest BCUT2D eigenvalue weighted by molar-refractivity contribution is 7.89. The number of halogens is 2. The fourth-order valence-electron chi connectivity index (χ4n) is 2.98. The predicted molar refractivity (Wildman–Crippen MR) is 103 cm³/mol. The molecule has 8 heteroatoms. The van der Waals surface area contributed by atoms with Crippen molar-refractivity contribution in [3.63, 3.8) is 0 Å². The van der Waals surface area contributed by atoms with Crippen molar-refractivity contribution in [1.82, 2.24) is 4.31 Å². The van der Waals surface area contributed by atoms with Crippen molar-refractivity contribution in [3.05, 3.63) is 65.7 Å². The number of carbonyl (C=O) groups is 1. The summed E-state index contributed by atoms with van der Waals surface area (Å²) in [6.07, 6.45) is 4.79. The summed E-state index contributed by atoms with van der Waals surface area (Å²) >= 11 is 0. The molecule has 0 aromatic heterocycles. The summed E-state index contributed by atoms with van der Waals surface area (Å²) in [5.74, 6) is -2.12. The van der Waals surface area contributed by atoms with E-state index >= 15 is 0 Å². The Labute approximate surface area is 162 Å². The molecular formula is C20H20F2N2O3S. The maximum Gasteiger partial charge on any atom is 0.248 e. The second-order valence-corrected chi connectivity index (χ2v) is 8.38. The Morgan fingerprint density at radius 2 is 1.57 bits per heavy atom. The van der Waals surface area contributed by atoms with Crippen LogP contribution in [0.4, 0.5) is 14.5 Å². The molecule has 1 amide bonds. The van der Waals surface area contributed by atoms with Gasteiger partial charge >= 0.3 is 0 Å². The van der Waals surface area contributed by atoms with Crippen LogP contribution >= 0.6 is 0 Å². The van der Waals surface area contributed by atoms with Gasteiger partial charge in [-0.25, -0.2) is 17.2 Å². The predicted octanol–water partition coefficient (Wildman–Crippen LogP) is 3.79. The summed E-state index contributed by atoms with van der Waals surface area (Å²) in [5, 5.41) is 2.53. The van der Waals surface area contributed by atoms with Crippen LogP contribution in [0.3, 0.4) is 0 Å². The lowest BCUT2D eigenvalue weighted by atomic mass is 10.2. The summed E-state index contributed by atoms with van der Waals surface area (Å²) < 4.78 is 53.8. The zero-order valence-corrected chi connectivity index (χ0v) is 15.9.